The molecule has 2 amide bonds. The summed E-state index contributed by atoms with van der Waals surface area (Å²) in [5.41, 5.74) is 7.09. The largest absolute Gasteiger partial charge is 0.273 e. The van der Waals surface area contributed by atoms with Crippen LogP contribution in [0.5, 0.6) is 0 Å². The summed E-state index contributed by atoms with van der Waals surface area (Å²) in [6.07, 6.45) is 1.47. The highest BCUT2D eigenvalue weighted by Gasteiger charge is 2.07. The number of carbonyl (C=O) groups excluding carboxylic acids is 2. The molecule has 0 unspecified atom stereocenters. The molecule has 2 N–H and O–H groups in total. The van der Waals surface area contributed by atoms with Crippen LogP contribution in [0.3, 0.4) is 0 Å². The average Bonchev–Trinajstić information content (AvgIpc) is 2.58. The molecule has 5 heteroatoms. The zero-order valence-electron chi connectivity index (χ0n) is 12.9. The molecule has 0 heterocycles. The van der Waals surface area contributed by atoms with Gasteiger partial charge in [0.15, 0.2) is 0 Å². The van der Waals surface area contributed by atoms with Crippen LogP contribution >= 0.6 is 0 Å². The summed E-state index contributed by atoms with van der Waals surface area (Å²) >= 11 is 0. The number of benzene rings is 2. The van der Waals surface area contributed by atoms with E-state index in [1.165, 1.54) is 12.1 Å². The lowest BCUT2D eigenvalue weighted by Gasteiger charge is -2.08. The molecular formula is C18H19FN2O2. The molecule has 0 aliphatic rings. The Morgan fingerprint density at radius 3 is 2.39 bits per heavy atom. The van der Waals surface area contributed by atoms with Crippen molar-refractivity contribution in [1.29, 1.82) is 0 Å². The molecule has 2 aromatic carbocycles. The number of nitrogens with one attached hydrogen (secondary N) is 2. The van der Waals surface area contributed by atoms with Gasteiger partial charge in [-0.05, 0) is 48.2 Å². The molecule has 0 fully saturated rings. The molecular weight excluding hydrogens is 295 g/mol. The van der Waals surface area contributed by atoms with Gasteiger partial charge in [-0.25, -0.2) is 4.39 Å². The first-order valence-corrected chi connectivity index (χ1v) is 7.51. The van der Waals surface area contributed by atoms with E-state index in [0.29, 0.717) is 12.0 Å². The summed E-state index contributed by atoms with van der Waals surface area (Å²) in [5, 5.41) is 0. The Balaban J connectivity index is 1.78. The number of amides is 2. The third-order valence-electron chi connectivity index (χ3n) is 3.47. The lowest BCUT2D eigenvalue weighted by atomic mass is 10.1. The zero-order valence-corrected chi connectivity index (χ0v) is 12.9. The van der Waals surface area contributed by atoms with E-state index in [9.17, 15) is 14.0 Å². The Labute approximate surface area is 134 Å². The molecule has 4 nitrogen and oxygen atoms in total. The fraction of sp³-hybridized carbons (Fsp3) is 0.222. The summed E-state index contributed by atoms with van der Waals surface area (Å²) in [4.78, 5) is 23.6. The lowest BCUT2D eigenvalue weighted by molar-refractivity contribution is -0.121. The van der Waals surface area contributed by atoms with Crippen molar-refractivity contribution in [3.05, 3.63) is 71.0 Å². The number of hydrazine groups is 1. The number of aryl methyl sites for hydroxylation is 2. The minimum absolute atomic E-state index is 0.165. The first-order chi connectivity index (χ1) is 11.1. The van der Waals surface area contributed by atoms with Crippen LogP contribution in [0.1, 0.15) is 34.8 Å². The van der Waals surface area contributed by atoms with Gasteiger partial charge in [0.2, 0.25) is 5.91 Å². The van der Waals surface area contributed by atoms with Crippen LogP contribution in [0.2, 0.25) is 0 Å². The van der Waals surface area contributed by atoms with Crippen LogP contribution in [0, 0.1) is 5.82 Å². The van der Waals surface area contributed by atoms with Crippen LogP contribution in [0.4, 0.5) is 4.39 Å². The third kappa shape index (κ3) is 5.21. The second-order valence-corrected chi connectivity index (χ2v) is 5.18. The summed E-state index contributed by atoms with van der Waals surface area (Å²) in [6, 6.07) is 13.3. The van der Waals surface area contributed by atoms with Crippen LogP contribution in [-0.2, 0) is 17.6 Å². The molecule has 0 spiro atoms. The molecule has 2 aromatic rings. The van der Waals surface area contributed by atoms with Gasteiger partial charge in [-0.3, -0.25) is 20.4 Å². The monoisotopic (exact) mass is 314 g/mol. The maximum absolute atomic E-state index is 13.0. The van der Waals surface area contributed by atoms with E-state index < -0.39 is 0 Å². The molecule has 0 radical (unpaired) electrons. The zero-order chi connectivity index (χ0) is 16.7. The fourth-order valence-electron chi connectivity index (χ4n) is 2.10. The normalized spacial score (nSPS) is 10.2. The van der Waals surface area contributed by atoms with Crippen LogP contribution < -0.4 is 10.9 Å². The van der Waals surface area contributed by atoms with Crippen LogP contribution in [0.25, 0.3) is 0 Å². The van der Waals surface area contributed by atoms with Gasteiger partial charge in [0.05, 0.1) is 0 Å². The summed E-state index contributed by atoms with van der Waals surface area (Å²) < 4.78 is 13.0. The van der Waals surface area contributed by atoms with Crippen LogP contribution in [-0.4, -0.2) is 11.8 Å². The standard InChI is InChI=1S/C18H19FN2O2/c1-2-13-6-9-15(10-7-13)18(23)21-20-17(22)11-8-14-4-3-5-16(19)12-14/h3-7,9-10,12H,2,8,11H2,1H3,(H,20,22)(H,21,23). The molecule has 23 heavy (non-hydrogen) atoms. The van der Waals surface area contributed by atoms with Crippen molar-refractivity contribution in [2.75, 3.05) is 0 Å². The molecule has 0 bridgehead atoms. The second-order valence-electron chi connectivity index (χ2n) is 5.18. The molecule has 0 saturated heterocycles. The molecule has 0 aliphatic heterocycles. The highest BCUT2D eigenvalue weighted by molar-refractivity contribution is 5.95. The number of halogens is 1. The smallest absolute Gasteiger partial charge is 0.269 e. The van der Waals surface area contributed by atoms with E-state index in [4.69, 9.17) is 0 Å². The molecule has 0 aliphatic carbocycles. The first-order valence-electron chi connectivity index (χ1n) is 7.51. The minimum Gasteiger partial charge on any atom is -0.273 e. The topological polar surface area (TPSA) is 58.2 Å². The molecule has 120 valence electrons. The maximum Gasteiger partial charge on any atom is 0.269 e. The van der Waals surface area contributed by atoms with Crippen molar-refractivity contribution < 1.29 is 14.0 Å². The molecule has 0 aromatic heterocycles. The van der Waals surface area contributed by atoms with E-state index in [2.05, 4.69) is 10.9 Å². The van der Waals surface area contributed by atoms with Gasteiger partial charge in [0.1, 0.15) is 5.82 Å². The second kappa shape index (κ2) is 8.08. The molecule has 0 atom stereocenters. The van der Waals surface area contributed by atoms with Gasteiger partial charge in [-0.15, -0.1) is 0 Å². The highest BCUT2D eigenvalue weighted by atomic mass is 19.1. The van der Waals surface area contributed by atoms with Gasteiger partial charge in [-0.1, -0.05) is 31.2 Å². The lowest BCUT2D eigenvalue weighted by Crippen LogP contribution is -2.41. The molecule has 0 saturated carbocycles. The molecule has 2 rings (SSSR count). The van der Waals surface area contributed by atoms with Crippen molar-refractivity contribution >= 4 is 11.8 Å². The predicted molar refractivity (Wildman–Crippen MR) is 86.1 cm³/mol. The van der Waals surface area contributed by atoms with Gasteiger partial charge in [0, 0.05) is 12.0 Å². The Morgan fingerprint density at radius 2 is 1.74 bits per heavy atom. The van der Waals surface area contributed by atoms with Crippen molar-refractivity contribution in [2.24, 2.45) is 0 Å². The van der Waals surface area contributed by atoms with E-state index in [1.54, 1.807) is 24.3 Å². The highest BCUT2D eigenvalue weighted by Crippen LogP contribution is 2.06. The number of rotatable bonds is 5. The van der Waals surface area contributed by atoms with Crippen molar-refractivity contribution in [3.8, 4) is 0 Å². The van der Waals surface area contributed by atoms with Gasteiger partial charge in [-0.2, -0.15) is 0 Å². The van der Waals surface area contributed by atoms with Crippen molar-refractivity contribution in [2.45, 2.75) is 26.2 Å². The summed E-state index contributed by atoms with van der Waals surface area (Å²) in [5.74, 6) is -1.02. The van der Waals surface area contributed by atoms with E-state index in [1.807, 2.05) is 19.1 Å². The predicted octanol–water partition coefficient (Wildman–Crippen LogP) is 2.78. The summed E-state index contributed by atoms with van der Waals surface area (Å²) in [6.45, 7) is 2.04. The SMILES string of the molecule is CCc1ccc(C(=O)NNC(=O)CCc2cccc(F)c2)cc1. The Morgan fingerprint density at radius 1 is 1.00 bits per heavy atom. The minimum atomic E-state index is -0.369. The van der Waals surface area contributed by atoms with Gasteiger partial charge < -0.3 is 0 Å². The Kier molecular flexibility index (Phi) is 5.86. The average molecular weight is 314 g/mol. The fourth-order valence-corrected chi connectivity index (χ4v) is 2.10. The first kappa shape index (κ1) is 16.7. The third-order valence-corrected chi connectivity index (χ3v) is 3.47. The van der Waals surface area contributed by atoms with Crippen molar-refractivity contribution in [1.82, 2.24) is 10.9 Å². The number of carbonyl (C=O) groups is 2. The van der Waals surface area contributed by atoms with Gasteiger partial charge >= 0.3 is 0 Å². The Hall–Kier alpha value is -2.69. The van der Waals surface area contributed by atoms with Gasteiger partial charge in [0.25, 0.3) is 5.91 Å². The van der Waals surface area contributed by atoms with E-state index in [-0.39, 0.29) is 24.1 Å². The maximum atomic E-state index is 13.0. The number of hydrogen-bond acceptors (Lipinski definition) is 2. The van der Waals surface area contributed by atoms with E-state index >= 15 is 0 Å². The number of hydrogen-bond donors (Lipinski definition) is 2. The Bertz CT molecular complexity index is 684. The van der Waals surface area contributed by atoms with Crippen molar-refractivity contribution in [3.63, 3.8) is 0 Å². The van der Waals surface area contributed by atoms with E-state index in [0.717, 1.165) is 17.5 Å². The summed E-state index contributed by atoms with van der Waals surface area (Å²) in [7, 11) is 0. The van der Waals surface area contributed by atoms with Crippen LogP contribution in [0.15, 0.2) is 48.5 Å². The quantitative estimate of drug-likeness (QED) is 0.834.